The smallest absolute Gasteiger partial charge is 0.336 e. The van der Waals surface area contributed by atoms with E-state index in [9.17, 15) is 19.8 Å². The molecular formula is C16H21NO4. The quantitative estimate of drug-likeness (QED) is 0.790. The van der Waals surface area contributed by atoms with E-state index in [1.165, 1.54) is 0 Å². The molecule has 0 spiro atoms. The molecule has 1 aliphatic rings. The number of amides is 1. The molecule has 1 aromatic rings. The number of hydrogen-bond donors (Lipinski definition) is 3. The predicted molar refractivity (Wildman–Crippen MR) is 78.6 cm³/mol. The van der Waals surface area contributed by atoms with Crippen LogP contribution in [0.3, 0.4) is 0 Å². The van der Waals surface area contributed by atoms with Crippen LogP contribution in [0.25, 0.3) is 0 Å². The van der Waals surface area contributed by atoms with Gasteiger partial charge in [0.05, 0.1) is 17.2 Å². The van der Waals surface area contributed by atoms with Gasteiger partial charge < -0.3 is 15.5 Å². The predicted octanol–water partition coefficient (Wildman–Crippen LogP) is 1.89. The minimum Gasteiger partial charge on any atom is -0.478 e. The molecule has 1 fully saturated rings. The third-order valence-corrected chi connectivity index (χ3v) is 4.13. The number of carbonyl (C=O) groups excluding carboxylic acids is 1. The average molecular weight is 291 g/mol. The number of rotatable bonds is 4. The van der Waals surface area contributed by atoms with E-state index in [0.717, 1.165) is 12.8 Å². The molecule has 2 unspecified atom stereocenters. The van der Waals surface area contributed by atoms with Crippen molar-refractivity contribution in [3.05, 3.63) is 34.4 Å². The number of aliphatic hydroxyl groups is 1. The van der Waals surface area contributed by atoms with E-state index < -0.39 is 5.97 Å². The first-order valence-corrected chi connectivity index (χ1v) is 7.20. The normalized spacial score (nSPS) is 21.3. The summed E-state index contributed by atoms with van der Waals surface area (Å²) in [6.45, 7) is 3.90. The molecule has 5 heteroatoms. The fraction of sp³-hybridized carbons (Fsp3) is 0.500. The van der Waals surface area contributed by atoms with Crippen molar-refractivity contribution in [2.45, 2.75) is 39.2 Å². The summed E-state index contributed by atoms with van der Waals surface area (Å²) in [5.74, 6) is -1.17. The standard InChI is InChI=1S/C16H21NO4/c1-9-3-4-10(2)14(16(20)21)13(9)15(19)17-8-11-5-6-12(18)7-11/h3-4,11-12,18H,5-8H2,1-2H3,(H,17,19)(H,20,21). The Balaban J connectivity index is 2.15. The van der Waals surface area contributed by atoms with Crippen molar-refractivity contribution in [1.29, 1.82) is 0 Å². The summed E-state index contributed by atoms with van der Waals surface area (Å²) in [7, 11) is 0. The third kappa shape index (κ3) is 3.42. The van der Waals surface area contributed by atoms with Crippen LogP contribution < -0.4 is 5.32 Å². The Bertz CT molecular complexity index is 568. The lowest BCUT2D eigenvalue weighted by atomic mass is 9.96. The summed E-state index contributed by atoms with van der Waals surface area (Å²) < 4.78 is 0. The lowest BCUT2D eigenvalue weighted by Gasteiger charge is -2.15. The van der Waals surface area contributed by atoms with Gasteiger partial charge in [-0.1, -0.05) is 12.1 Å². The lowest BCUT2D eigenvalue weighted by Crippen LogP contribution is -2.31. The van der Waals surface area contributed by atoms with Gasteiger partial charge in [-0.2, -0.15) is 0 Å². The number of hydrogen-bond acceptors (Lipinski definition) is 3. The zero-order valence-electron chi connectivity index (χ0n) is 12.3. The zero-order chi connectivity index (χ0) is 15.6. The molecule has 1 saturated carbocycles. The van der Waals surface area contributed by atoms with Gasteiger partial charge in [-0.25, -0.2) is 4.79 Å². The molecule has 5 nitrogen and oxygen atoms in total. The van der Waals surface area contributed by atoms with Gasteiger partial charge in [0.25, 0.3) is 5.91 Å². The van der Waals surface area contributed by atoms with Gasteiger partial charge in [0, 0.05) is 6.54 Å². The van der Waals surface area contributed by atoms with Crippen molar-refractivity contribution in [1.82, 2.24) is 5.32 Å². The Morgan fingerprint density at radius 3 is 2.33 bits per heavy atom. The van der Waals surface area contributed by atoms with Crippen LogP contribution in [-0.4, -0.2) is 34.7 Å². The van der Waals surface area contributed by atoms with E-state index in [2.05, 4.69) is 5.32 Å². The average Bonchev–Trinajstić information content (AvgIpc) is 2.83. The van der Waals surface area contributed by atoms with Gasteiger partial charge in [0.1, 0.15) is 0 Å². The van der Waals surface area contributed by atoms with Crippen molar-refractivity contribution in [3.8, 4) is 0 Å². The number of nitrogens with one attached hydrogen (secondary N) is 1. The van der Waals surface area contributed by atoms with Crippen molar-refractivity contribution in [2.75, 3.05) is 6.54 Å². The number of carboxylic acid groups (broad SMARTS) is 1. The van der Waals surface area contributed by atoms with Crippen LogP contribution in [0.15, 0.2) is 12.1 Å². The molecule has 1 aromatic carbocycles. The molecule has 0 heterocycles. The number of benzene rings is 1. The number of carbonyl (C=O) groups is 2. The van der Waals surface area contributed by atoms with Gasteiger partial charge in [-0.3, -0.25) is 4.79 Å². The number of carboxylic acids is 1. The van der Waals surface area contributed by atoms with Crippen molar-refractivity contribution >= 4 is 11.9 Å². The van der Waals surface area contributed by atoms with E-state index in [1.807, 2.05) is 0 Å². The Labute approximate surface area is 124 Å². The molecule has 0 radical (unpaired) electrons. The molecule has 0 aliphatic heterocycles. The van der Waals surface area contributed by atoms with Crippen molar-refractivity contribution in [3.63, 3.8) is 0 Å². The Morgan fingerprint density at radius 1 is 1.19 bits per heavy atom. The molecule has 2 rings (SSSR count). The van der Waals surface area contributed by atoms with Gasteiger partial charge >= 0.3 is 5.97 Å². The largest absolute Gasteiger partial charge is 0.478 e. The third-order valence-electron chi connectivity index (χ3n) is 4.13. The summed E-state index contributed by atoms with van der Waals surface area (Å²) >= 11 is 0. The maximum atomic E-state index is 12.3. The van der Waals surface area contributed by atoms with E-state index in [1.54, 1.807) is 26.0 Å². The fourth-order valence-electron chi connectivity index (χ4n) is 2.94. The Hall–Kier alpha value is -1.88. The summed E-state index contributed by atoms with van der Waals surface area (Å²) in [4.78, 5) is 23.7. The van der Waals surface area contributed by atoms with Crippen LogP contribution in [0.5, 0.6) is 0 Å². The second-order valence-electron chi connectivity index (χ2n) is 5.80. The molecule has 3 N–H and O–H groups in total. The molecule has 1 amide bonds. The lowest BCUT2D eigenvalue weighted by molar-refractivity contribution is 0.0690. The molecular weight excluding hydrogens is 270 g/mol. The number of aliphatic hydroxyl groups excluding tert-OH is 1. The molecule has 0 bridgehead atoms. The molecule has 21 heavy (non-hydrogen) atoms. The fourth-order valence-corrected chi connectivity index (χ4v) is 2.94. The summed E-state index contributed by atoms with van der Waals surface area (Å²) in [6, 6.07) is 3.47. The minimum atomic E-state index is -1.09. The summed E-state index contributed by atoms with van der Waals surface area (Å²) in [5.41, 5.74) is 1.54. The molecule has 1 aliphatic carbocycles. The first-order valence-electron chi connectivity index (χ1n) is 7.20. The van der Waals surface area contributed by atoms with Crippen LogP contribution in [0.2, 0.25) is 0 Å². The van der Waals surface area contributed by atoms with Crippen LogP contribution in [0, 0.1) is 19.8 Å². The Kier molecular flexibility index (Phi) is 4.63. The van der Waals surface area contributed by atoms with Gasteiger partial charge in [-0.05, 0) is 50.2 Å². The van der Waals surface area contributed by atoms with E-state index in [0.29, 0.717) is 24.1 Å². The summed E-state index contributed by atoms with van der Waals surface area (Å²) in [6.07, 6.45) is 2.07. The minimum absolute atomic E-state index is 0.0685. The first-order chi connectivity index (χ1) is 9.90. The molecule has 0 aromatic heterocycles. The van der Waals surface area contributed by atoms with Crippen molar-refractivity contribution < 1.29 is 19.8 Å². The maximum Gasteiger partial charge on any atom is 0.336 e. The molecule has 114 valence electrons. The van der Waals surface area contributed by atoms with Crippen LogP contribution in [0.1, 0.15) is 51.1 Å². The van der Waals surface area contributed by atoms with E-state index >= 15 is 0 Å². The van der Waals surface area contributed by atoms with Crippen LogP contribution in [-0.2, 0) is 0 Å². The second kappa shape index (κ2) is 6.26. The number of aromatic carboxylic acids is 1. The highest BCUT2D eigenvalue weighted by Gasteiger charge is 2.25. The van der Waals surface area contributed by atoms with Crippen LogP contribution >= 0.6 is 0 Å². The highest BCUT2D eigenvalue weighted by atomic mass is 16.4. The molecule has 2 atom stereocenters. The maximum absolute atomic E-state index is 12.3. The van der Waals surface area contributed by atoms with E-state index in [-0.39, 0.29) is 29.1 Å². The summed E-state index contributed by atoms with van der Waals surface area (Å²) in [5, 5.41) is 21.6. The topological polar surface area (TPSA) is 86.6 Å². The highest BCUT2D eigenvalue weighted by molar-refractivity contribution is 6.06. The first kappa shape index (κ1) is 15.5. The monoisotopic (exact) mass is 291 g/mol. The SMILES string of the molecule is Cc1ccc(C)c(C(=O)NCC2CCC(O)C2)c1C(=O)O. The van der Waals surface area contributed by atoms with Gasteiger partial charge in [0.15, 0.2) is 0 Å². The van der Waals surface area contributed by atoms with Crippen LogP contribution in [0.4, 0.5) is 0 Å². The zero-order valence-corrected chi connectivity index (χ0v) is 12.3. The van der Waals surface area contributed by atoms with Gasteiger partial charge in [-0.15, -0.1) is 0 Å². The van der Waals surface area contributed by atoms with Crippen molar-refractivity contribution in [2.24, 2.45) is 5.92 Å². The second-order valence-corrected chi connectivity index (χ2v) is 5.80. The number of aryl methyl sites for hydroxylation is 2. The van der Waals surface area contributed by atoms with Gasteiger partial charge in [0.2, 0.25) is 0 Å². The Morgan fingerprint density at radius 2 is 1.81 bits per heavy atom. The highest BCUT2D eigenvalue weighted by Crippen LogP contribution is 2.25. The van der Waals surface area contributed by atoms with E-state index in [4.69, 9.17) is 0 Å². The molecule has 0 saturated heterocycles.